The monoisotopic (exact) mass is 459 g/mol. The third-order valence-corrected chi connectivity index (χ3v) is 4.45. The van der Waals surface area contributed by atoms with Crippen molar-refractivity contribution in [2.24, 2.45) is 0 Å². The highest BCUT2D eigenvalue weighted by Crippen LogP contribution is 2.24. The van der Waals surface area contributed by atoms with Crippen LogP contribution in [0.4, 0.5) is 5.69 Å². The number of anilines is 1. The average molecular weight is 461 g/mol. The molecular weight excluding hydrogens is 446 g/mol. The van der Waals surface area contributed by atoms with E-state index in [0.29, 0.717) is 27.9 Å². The van der Waals surface area contributed by atoms with Crippen LogP contribution in [0, 0.1) is 0 Å². The molecule has 0 aliphatic heterocycles. The Bertz CT molecular complexity index is 1030. The summed E-state index contributed by atoms with van der Waals surface area (Å²) in [6.07, 6.45) is 1.40. The van der Waals surface area contributed by atoms with Crippen LogP contribution in [0.2, 0.25) is 5.02 Å². The van der Waals surface area contributed by atoms with Gasteiger partial charge in [0.25, 0.3) is 11.8 Å². The summed E-state index contributed by atoms with van der Waals surface area (Å²) in [6, 6.07) is 15.2. The number of carbonyl (C=O) groups excluding carboxylic acids is 2. The van der Waals surface area contributed by atoms with Crippen LogP contribution in [-0.4, -0.2) is 23.8 Å². The van der Waals surface area contributed by atoms with Crippen molar-refractivity contribution in [3.8, 4) is 11.6 Å². The van der Waals surface area contributed by atoms with Crippen LogP contribution in [0.25, 0.3) is 0 Å². The van der Waals surface area contributed by atoms with Crippen molar-refractivity contribution < 1.29 is 14.3 Å². The zero-order valence-corrected chi connectivity index (χ0v) is 17.0. The molecular formula is C20H15BrClN3O3. The summed E-state index contributed by atoms with van der Waals surface area (Å²) in [4.78, 5) is 28.7. The van der Waals surface area contributed by atoms with E-state index in [1.54, 1.807) is 30.3 Å². The van der Waals surface area contributed by atoms with Gasteiger partial charge in [-0.1, -0.05) is 33.6 Å². The molecule has 1 aromatic heterocycles. The molecule has 0 saturated carbocycles. The minimum absolute atomic E-state index is 0.269. The van der Waals surface area contributed by atoms with E-state index in [9.17, 15) is 9.59 Å². The molecule has 0 saturated heterocycles. The minimum atomic E-state index is -0.408. The first kappa shape index (κ1) is 19.9. The number of pyridine rings is 1. The summed E-state index contributed by atoms with van der Waals surface area (Å²) in [5.41, 5.74) is 0.938. The van der Waals surface area contributed by atoms with E-state index in [2.05, 4.69) is 31.5 Å². The standard InChI is InChI=1S/C20H15BrClN3O3/c1-23-20(27)16-10-14(22)6-7-17(16)25-19(26)12-5-8-18(24-11-12)28-15-4-2-3-13(21)9-15/h2-11H,1H3,(H,23,27)(H,25,26). The van der Waals surface area contributed by atoms with Gasteiger partial charge in [-0.3, -0.25) is 9.59 Å². The van der Waals surface area contributed by atoms with E-state index in [1.165, 1.54) is 19.3 Å². The lowest BCUT2D eigenvalue weighted by Crippen LogP contribution is -2.21. The number of amides is 2. The molecule has 6 nitrogen and oxygen atoms in total. The lowest BCUT2D eigenvalue weighted by atomic mass is 10.1. The molecule has 2 amide bonds. The number of carbonyl (C=O) groups is 2. The van der Waals surface area contributed by atoms with Gasteiger partial charge in [-0.2, -0.15) is 0 Å². The molecule has 2 aromatic carbocycles. The zero-order valence-electron chi connectivity index (χ0n) is 14.7. The van der Waals surface area contributed by atoms with Crippen molar-refractivity contribution in [2.45, 2.75) is 0 Å². The Kier molecular flexibility index (Phi) is 6.28. The van der Waals surface area contributed by atoms with E-state index in [1.807, 2.05) is 18.2 Å². The van der Waals surface area contributed by atoms with Crippen LogP contribution < -0.4 is 15.4 Å². The zero-order chi connectivity index (χ0) is 20.1. The van der Waals surface area contributed by atoms with Crippen molar-refractivity contribution in [2.75, 3.05) is 12.4 Å². The second-order valence-corrected chi connectivity index (χ2v) is 7.02. The maximum absolute atomic E-state index is 12.5. The van der Waals surface area contributed by atoms with E-state index in [-0.39, 0.29) is 11.5 Å². The number of halogens is 2. The number of hydrogen-bond acceptors (Lipinski definition) is 4. The second-order valence-electron chi connectivity index (χ2n) is 5.67. The number of aromatic nitrogens is 1. The topological polar surface area (TPSA) is 80.3 Å². The maximum Gasteiger partial charge on any atom is 0.257 e. The molecule has 8 heteroatoms. The van der Waals surface area contributed by atoms with Gasteiger partial charge in [0.05, 0.1) is 16.8 Å². The van der Waals surface area contributed by atoms with Gasteiger partial charge in [0, 0.05) is 28.8 Å². The van der Waals surface area contributed by atoms with Crippen molar-refractivity contribution >= 4 is 45.0 Å². The van der Waals surface area contributed by atoms with Gasteiger partial charge >= 0.3 is 0 Å². The van der Waals surface area contributed by atoms with Crippen LogP contribution in [0.15, 0.2) is 65.3 Å². The summed E-state index contributed by atoms with van der Waals surface area (Å²) in [6.45, 7) is 0. The molecule has 28 heavy (non-hydrogen) atoms. The van der Waals surface area contributed by atoms with Crippen LogP contribution in [0.1, 0.15) is 20.7 Å². The van der Waals surface area contributed by atoms with Crippen LogP contribution >= 0.6 is 27.5 Å². The van der Waals surface area contributed by atoms with E-state index >= 15 is 0 Å². The molecule has 3 rings (SSSR count). The third-order valence-electron chi connectivity index (χ3n) is 3.72. The molecule has 3 aromatic rings. The SMILES string of the molecule is CNC(=O)c1cc(Cl)ccc1NC(=O)c1ccc(Oc2cccc(Br)c2)nc1. The minimum Gasteiger partial charge on any atom is -0.439 e. The number of ether oxygens (including phenoxy) is 1. The predicted molar refractivity (Wildman–Crippen MR) is 111 cm³/mol. The maximum atomic E-state index is 12.5. The highest BCUT2D eigenvalue weighted by atomic mass is 79.9. The molecule has 0 aliphatic carbocycles. The molecule has 0 atom stereocenters. The Morgan fingerprint density at radius 1 is 1.07 bits per heavy atom. The van der Waals surface area contributed by atoms with Crippen LogP contribution in [0.3, 0.4) is 0 Å². The molecule has 2 N–H and O–H groups in total. The van der Waals surface area contributed by atoms with Gasteiger partial charge < -0.3 is 15.4 Å². The van der Waals surface area contributed by atoms with Gasteiger partial charge in [0.1, 0.15) is 5.75 Å². The molecule has 0 unspecified atom stereocenters. The third kappa shape index (κ3) is 4.88. The van der Waals surface area contributed by atoms with Gasteiger partial charge in [-0.25, -0.2) is 4.98 Å². The Morgan fingerprint density at radius 3 is 2.57 bits per heavy atom. The van der Waals surface area contributed by atoms with Gasteiger partial charge in [0.2, 0.25) is 5.88 Å². The molecule has 0 aliphatic rings. The second kappa shape index (κ2) is 8.86. The van der Waals surface area contributed by atoms with Crippen molar-refractivity contribution in [1.82, 2.24) is 10.3 Å². The van der Waals surface area contributed by atoms with Crippen molar-refractivity contribution in [1.29, 1.82) is 0 Å². The molecule has 0 radical (unpaired) electrons. The lowest BCUT2D eigenvalue weighted by molar-refractivity contribution is 0.0964. The number of nitrogens with one attached hydrogen (secondary N) is 2. The number of hydrogen-bond donors (Lipinski definition) is 2. The van der Waals surface area contributed by atoms with Gasteiger partial charge in [-0.05, 0) is 42.5 Å². The first-order chi connectivity index (χ1) is 13.5. The highest BCUT2D eigenvalue weighted by molar-refractivity contribution is 9.10. The Labute approximate surface area is 175 Å². The fourth-order valence-electron chi connectivity index (χ4n) is 2.37. The number of benzene rings is 2. The van der Waals surface area contributed by atoms with Crippen LogP contribution in [-0.2, 0) is 0 Å². The lowest BCUT2D eigenvalue weighted by Gasteiger charge is -2.11. The van der Waals surface area contributed by atoms with Gasteiger partial charge in [0.15, 0.2) is 0 Å². The van der Waals surface area contributed by atoms with Crippen molar-refractivity contribution in [3.05, 3.63) is 81.4 Å². The summed E-state index contributed by atoms with van der Waals surface area (Å²) < 4.78 is 6.54. The summed E-state index contributed by atoms with van der Waals surface area (Å²) in [5.74, 6) is 0.213. The van der Waals surface area contributed by atoms with E-state index in [0.717, 1.165) is 4.47 Å². The van der Waals surface area contributed by atoms with E-state index < -0.39 is 5.91 Å². The Morgan fingerprint density at radius 2 is 1.89 bits per heavy atom. The summed E-state index contributed by atoms with van der Waals surface area (Å²) in [7, 11) is 1.50. The summed E-state index contributed by atoms with van der Waals surface area (Å²) in [5, 5.41) is 5.61. The molecule has 0 fully saturated rings. The van der Waals surface area contributed by atoms with Crippen LogP contribution in [0.5, 0.6) is 11.6 Å². The molecule has 142 valence electrons. The smallest absolute Gasteiger partial charge is 0.257 e. The van der Waals surface area contributed by atoms with E-state index in [4.69, 9.17) is 16.3 Å². The highest BCUT2D eigenvalue weighted by Gasteiger charge is 2.14. The largest absolute Gasteiger partial charge is 0.439 e. The number of rotatable bonds is 5. The number of nitrogens with zero attached hydrogens (tertiary/aromatic N) is 1. The quantitative estimate of drug-likeness (QED) is 0.567. The first-order valence-corrected chi connectivity index (χ1v) is 9.36. The fraction of sp³-hybridized carbons (Fsp3) is 0.0500. The molecule has 0 spiro atoms. The Balaban J connectivity index is 1.74. The fourth-order valence-corrected chi connectivity index (χ4v) is 2.92. The molecule has 0 bridgehead atoms. The Hall–Kier alpha value is -2.90. The normalized spacial score (nSPS) is 10.2. The average Bonchev–Trinajstić information content (AvgIpc) is 2.69. The molecule has 1 heterocycles. The first-order valence-electron chi connectivity index (χ1n) is 8.19. The predicted octanol–water partition coefficient (Wildman–Crippen LogP) is 4.90. The summed E-state index contributed by atoms with van der Waals surface area (Å²) >= 11 is 9.32. The van der Waals surface area contributed by atoms with Gasteiger partial charge in [-0.15, -0.1) is 0 Å². The van der Waals surface area contributed by atoms with Crippen molar-refractivity contribution in [3.63, 3.8) is 0 Å².